The van der Waals surface area contributed by atoms with Crippen LogP contribution in [-0.2, 0) is 11.3 Å². The Morgan fingerprint density at radius 2 is 1.81 bits per heavy atom. The van der Waals surface area contributed by atoms with Crippen LogP contribution in [-0.4, -0.2) is 32.8 Å². The van der Waals surface area contributed by atoms with Gasteiger partial charge in [0.05, 0.1) is 11.0 Å². The van der Waals surface area contributed by atoms with Crippen LogP contribution >= 0.6 is 0 Å². The maximum absolute atomic E-state index is 12.8. The lowest BCUT2D eigenvalue weighted by Gasteiger charge is -2.26. The lowest BCUT2D eigenvalue weighted by Crippen LogP contribution is -2.34. The molecule has 0 atom stereocenters. The fraction of sp³-hybridized carbons (Fsp3) is 0.192. The third-order valence-electron chi connectivity index (χ3n) is 5.84. The van der Waals surface area contributed by atoms with Gasteiger partial charge in [0.2, 0.25) is 5.91 Å². The molecule has 160 valence electrons. The van der Waals surface area contributed by atoms with Gasteiger partial charge in [0.25, 0.3) is 5.91 Å². The summed E-state index contributed by atoms with van der Waals surface area (Å²) in [5.41, 5.74) is 5.22. The highest BCUT2D eigenvalue weighted by atomic mass is 16.2. The van der Waals surface area contributed by atoms with Gasteiger partial charge in [0.15, 0.2) is 0 Å². The Morgan fingerprint density at radius 1 is 0.969 bits per heavy atom. The van der Waals surface area contributed by atoms with Crippen molar-refractivity contribution in [3.05, 3.63) is 90.3 Å². The second-order valence-corrected chi connectivity index (χ2v) is 8.08. The number of rotatable bonds is 5. The zero-order valence-corrected chi connectivity index (χ0v) is 17.7. The van der Waals surface area contributed by atoms with E-state index in [1.807, 2.05) is 82.3 Å². The van der Waals surface area contributed by atoms with E-state index in [0.29, 0.717) is 18.5 Å². The summed E-state index contributed by atoms with van der Waals surface area (Å²) in [5, 5.41) is 2.97. The summed E-state index contributed by atoms with van der Waals surface area (Å²) in [6.45, 7) is 1.38. The number of hydrogen-bond acceptors (Lipinski definition) is 3. The highest BCUT2D eigenvalue weighted by molar-refractivity contribution is 6.04. The van der Waals surface area contributed by atoms with Gasteiger partial charge < -0.3 is 10.2 Å². The number of amides is 2. The molecule has 2 heterocycles. The lowest BCUT2D eigenvalue weighted by molar-refractivity contribution is -0.133. The molecule has 1 aliphatic heterocycles. The molecule has 0 saturated carbocycles. The predicted molar refractivity (Wildman–Crippen MR) is 125 cm³/mol. The molecule has 4 aromatic rings. The molecule has 1 fully saturated rings. The Bertz CT molecular complexity index is 1280. The number of para-hydroxylation sites is 2. The average Bonchev–Trinajstić information content (AvgIpc) is 3.25. The van der Waals surface area contributed by atoms with Gasteiger partial charge in [0, 0.05) is 36.4 Å². The van der Waals surface area contributed by atoms with E-state index in [0.717, 1.165) is 47.4 Å². The van der Waals surface area contributed by atoms with Crippen LogP contribution in [0.25, 0.3) is 16.7 Å². The number of benzene rings is 3. The molecule has 2 amide bonds. The van der Waals surface area contributed by atoms with Gasteiger partial charge in [-0.1, -0.05) is 24.3 Å². The molecule has 1 aliphatic rings. The standard InChI is InChI=1S/C26H24N4O2/c31-25-10-3-4-15-29(25)17-19-6-5-7-21(16-19)28-26(32)20-11-13-22(14-12-20)30-18-27-23-8-1-2-9-24(23)30/h1-2,5-9,11-14,16,18H,3-4,10,15,17H2,(H,28,32). The fourth-order valence-corrected chi connectivity index (χ4v) is 4.14. The summed E-state index contributed by atoms with van der Waals surface area (Å²) in [7, 11) is 0. The van der Waals surface area contributed by atoms with Crippen molar-refractivity contribution < 1.29 is 9.59 Å². The van der Waals surface area contributed by atoms with Crippen molar-refractivity contribution in [3.8, 4) is 5.69 Å². The first-order chi connectivity index (χ1) is 15.7. The predicted octanol–water partition coefficient (Wildman–Crippen LogP) is 4.79. The van der Waals surface area contributed by atoms with Crippen molar-refractivity contribution in [1.82, 2.24) is 14.5 Å². The van der Waals surface area contributed by atoms with Crippen LogP contribution in [0, 0.1) is 0 Å². The Kier molecular flexibility index (Phi) is 5.42. The molecular formula is C26H24N4O2. The van der Waals surface area contributed by atoms with E-state index in [1.54, 1.807) is 6.33 Å². The molecule has 6 heteroatoms. The topological polar surface area (TPSA) is 67.2 Å². The molecule has 0 radical (unpaired) electrons. The second-order valence-electron chi connectivity index (χ2n) is 8.08. The monoisotopic (exact) mass is 424 g/mol. The number of imidazole rings is 1. The minimum absolute atomic E-state index is 0.168. The molecule has 1 saturated heterocycles. The van der Waals surface area contributed by atoms with E-state index >= 15 is 0 Å². The number of likely N-dealkylation sites (tertiary alicyclic amines) is 1. The van der Waals surface area contributed by atoms with E-state index in [2.05, 4.69) is 10.3 Å². The zero-order valence-electron chi connectivity index (χ0n) is 17.7. The molecule has 1 N–H and O–H groups in total. The van der Waals surface area contributed by atoms with Gasteiger partial charge >= 0.3 is 0 Å². The van der Waals surface area contributed by atoms with Crippen LogP contribution in [0.5, 0.6) is 0 Å². The third-order valence-corrected chi connectivity index (χ3v) is 5.84. The Hall–Kier alpha value is -3.93. The molecule has 3 aromatic carbocycles. The van der Waals surface area contributed by atoms with E-state index in [4.69, 9.17) is 0 Å². The maximum Gasteiger partial charge on any atom is 0.255 e. The minimum atomic E-state index is -0.168. The summed E-state index contributed by atoms with van der Waals surface area (Å²) in [5.74, 6) is 0.0367. The van der Waals surface area contributed by atoms with Crippen molar-refractivity contribution in [3.63, 3.8) is 0 Å². The van der Waals surface area contributed by atoms with Crippen LogP contribution in [0.4, 0.5) is 5.69 Å². The fourth-order valence-electron chi connectivity index (χ4n) is 4.14. The third kappa shape index (κ3) is 4.12. The van der Waals surface area contributed by atoms with Gasteiger partial charge in [-0.3, -0.25) is 14.2 Å². The molecule has 0 bridgehead atoms. The number of aromatic nitrogens is 2. The number of nitrogens with one attached hydrogen (secondary N) is 1. The van der Waals surface area contributed by atoms with Crippen molar-refractivity contribution in [2.45, 2.75) is 25.8 Å². The normalized spacial score (nSPS) is 14.0. The van der Waals surface area contributed by atoms with Gasteiger partial charge in [-0.15, -0.1) is 0 Å². The van der Waals surface area contributed by atoms with Crippen molar-refractivity contribution in [2.24, 2.45) is 0 Å². The van der Waals surface area contributed by atoms with Gasteiger partial charge in [-0.25, -0.2) is 4.98 Å². The summed E-state index contributed by atoms with van der Waals surface area (Å²) < 4.78 is 2.00. The van der Waals surface area contributed by atoms with Crippen LogP contribution in [0.15, 0.2) is 79.1 Å². The Morgan fingerprint density at radius 3 is 2.66 bits per heavy atom. The first-order valence-corrected chi connectivity index (χ1v) is 10.9. The Labute approximate surface area is 186 Å². The molecule has 1 aromatic heterocycles. The molecule has 0 aliphatic carbocycles. The van der Waals surface area contributed by atoms with Crippen molar-refractivity contribution in [1.29, 1.82) is 0 Å². The molecule has 32 heavy (non-hydrogen) atoms. The van der Waals surface area contributed by atoms with Crippen LogP contribution in [0.3, 0.4) is 0 Å². The second kappa shape index (κ2) is 8.67. The summed E-state index contributed by atoms with van der Waals surface area (Å²) in [4.78, 5) is 31.2. The molecule has 0 spiro atoms. The number of fused-ring (bicyclic) bond motifs is 1. The van der Waals surface area contributed by atoms with E-state index < -0.39 is 0 Å². The van der Waals surface area contributed by atoms with Crippen molar-refractivity contribution >= 4 is 28.5 Å². The van der Waals surface area contributed by atoms with E-state index in [-0.39, 0.29) is 11.8 Å². The molecule has 6 nitrogen and oxygen atoms in total. The molecule has 5 rings (SSSR count). The number of carbonyl (C=O) groups is 2. The molecular weight excluding hydrogens is 400 g/mol. The first kappa shape index (κ1) is 20.0. The summed E-state index contributed by atoms with van der Waals surface area (Å²) >= 11 is 0. The summed E-state index contributed by atoms with van der Waals surface area (Å²) in [6.07, 6.45) is 4.44. The number of anilines is 1. The van der Waals surface area contributed by atoms with Gasteiger partial charge in [0.1, 0.15) is 6.33 Å². The number of piperidine rings is 1. The number of carbonyl (C=O) groups excluding carboxylic acids is 2. The van der Waals surface area contributed by atoms with Crippen LogP contribution < -0.4 is 5.32 Å². The van der Waals surface area contributed by atoms with Gasteiger partial charge in [-0.2, -0.15) is 0 Å². The molecule has 0 unspecified atom stereocenters. The van der Waals surface area contributed by atoms with E-state index in [9.17, 15) is 9.59 Å². The first-order valence-electron chi connectivity index (χ1n) is 10.9. The average molecular weight is 425 g/mol. The largest absolute Gasteiger partial charge is 0.338 e. The highest BCUT2D eigenvalue weighted by Crippen LogP contribution is 2.20. The van der Waals surface area contributed by atoms with E-state index in [1.165, 1.54) is 0 Å². The van der Waals surface area contributed by atoms with Gasteiger partial charge in [-0.05, 0) is 66.9 Å². The Balaban J connectivity index is 1.28. The van der Waals surface area contributed by atoms with Crippen molar-refractivity contribution in [2.75, 3.05) is 11.9 Å². The SMILES string of the molecule is O=C(Nc1cccc(CN2CCCCC2=O)c1)c1ccc(-n2cnc3ccccc32)cc1. The quantitative estimate of drug-likeness (QED) is 0.501. The van der Waals surface area contributed by atoms with Crippen LogP contribution in [0.1, 0.15) is 35.2 Å². The smallest absolute Gasteiger partial charge is 0.255 e. The highest BCUT2D eigenvalue weighted by Gasteiger charge is 2.18. The lowest BCUT2D eigenvalue weighted by atomic mass is 10.1. The number of hydrogen-bond donors (Lipinski definition) is 1. The summed E-state index contributed by atoms with van der Waals surface area (Å²) in [6, 6.07) is 23.1. The zero-order chi connectivity index (χ0) is 21.9. The minimum Gasteiger partial charge on any atom is -0.338 e. The number of nitrogens with zero attached hydrogens (tertiary/aromatic N) is 3. The van der Waals surface area contributed by atoms with Crippen LogP contribution in [0.2, 0.25) is 0 Å². The maximum atomic E-state index is 12.8.